The van der Waals surface area contributed by atoms with E-state index in [0.29, 0.717) is 5.56 Å². The summed E-state index contributed by atoms with van der Waals surface area (Å²) in [5, 5.41) is 77.6. The molecule has 6 rings (SSSR count). The predicted octanol–water partition coefficient (Wildman–Crippen LogP) is 0.0828. The minimum atomic E-state index is -2.42. The van der Waals surface area contributed by atoms with Crippen LogP contribution in [0.3, 0.4) is 0 Å². The molecule has 1 fully saturated rings. The highest BCUT2D eigenvalue weighted by molar-refractivity contribution is 6.31. The van der Waals surface area contributed by atoms with Crippen molar-refractivity contribution in [2.75, 3.05) is 38.8 Å². The van der Waals surface area contributed by atoms with Crippen LogP contribution in [0, 0.1) is 5.92 Å². The number of aromatic hydroxyl groups is 2. The fraction of sp³-hybridized carbons (Fsp3) is 0.460. The first-order chi connectivity index (χ1) is 36.0. The number of aliphatic hydroxyl groups is 3. The Labute approximate surface area is 433 Å². The van der Waals surface area contributed by atoms with Crippen molar-refractivity contribution in [3.8, 4) is 17.2 Å². The predicted molar refractivity (Wildman–Crippen MR) is 260 cm³/mol. The molecular formula is C50H60N6O20. The fourth-order valence-electron chi connectivity index (χ4n) is 9.14. The molecule has 0 aromatic heterocycles. The highest BCUT2D eigenvalue weighted by Gasteiger charge is 2.50. The first-order valence-corrected chi connectivity index (χ1v) is 24.0. The zero-order valence-electron chi connectivity index (χ0n) is 41.7. The molecule has 0 radical (unpaired) electrons. The number of carbonyl (C=O) groups excluding carboxylic acids is 8. The van der Waals surface area contributed by atoms with E-state index < -0.39 is 163 Å². The number of phenols is 2. The molecule has 76 heavy (non-hydrogen) atoms. The number of hydrogen-bond donors (Lipinski definition) is 12. The molecule has 6 amide bonds. The lowest BCUT2D eigenvalue weighted by molar-refractivity contribution is -0.249. The number of amides is 6. The molecule has 1 heterocycles. The van der Waals surface area contributed by atoms with E-state index in [2.05, 4.69) is 26.6 Å². The fourth-order valence-corrected chi connectivity index (χ4v) is 9.14. The van der Waals surface area contributed by atoms with Crippen molar-refractivity contribution in [2.24, 2.45) is 11.7 Å². The van der Waals surface area contributed by atoms with Crippen molar-refractivity contribution in [2.45, 2.75) is 108 Å². The topological polar surface area (TPSA) is 407 Å². The second-order valence-electron chi connectivity index (χ2n) is 18.7. The number of methoxy groups -OCH3 is 1. The van der Waals surface area contributed by atoms with Crippen LogP contribution in [-0.2, 0) is 55.9 Å². The van der Waals surface area contributed by atoms with Gasteiger partial charge >= 0.3 is 18.1 Å². The van der Waals surface area contributed by atoms with E-state index in [1.807, 2.05) is 0 Å². The number of nitrogens with two attached hydrogens (primary N) is 1. The monoisotopic (exact) mass is 1060 g/mol. The highest BCUT2D eigenvalue weighted by Crippen LogP contribution is 2.52. The number of phenolic OH excluding ortho intramolecular Hbond substituents is 2. The Morgan fingerprint density at radius 2 is 1.62 bits per heavy atom. The van der Waals surface area contributed by atoms with Gasteiger partial charge in [-0.15, -0.1) is 0 Å². The number of primary amides is 1. The number of aliphatic hydroxyl groups excluding tert-OH is 2. The number of aliphatic carboxylic acids is 1. The van der Waals surface area contributed by atoms with Crippen LogP contribution in [0.15, 0.2) is 42.5 Å². The summed E-state index contributed by atoms with van der Waals surface area (Å²) in [6.45, 7) is 1.98. The summed E-state index contributed by atoms with van der Waals surface area (Å²) in [5.41, 5.74) is 1.38. The molecule has 410 valence electrons. The standard InChI is InChI=1S/C50H60N6O20/c1-22(2)40(56-33(59)20-73-21-34(60)61)47(68)54-28(8-6-14-52-48(51)69)46(67)53-25-12-10-24(11-13-25)19-74-49(70)55-29-15-35(75-23(3)41(29)62)76-31-17-50(71,32(58)18-57)16-27-37(31)45(66)39-38(43(27)64)42(63)26-7-5-9-30(72-4)36(26)44(39)65/h5,7,9-13,22-23,28-29,31,35,40-41,57,62,64,66,71H,6,8,14-21H2,1-4H3,(H,53,67)(H,54,68)(H,55,70)(H,56,59)(H,60,61)(H3,51,52,69)/t23-,28-,29-,31-,35-,40-,41-,50-/m0/s1. The second kappa shape index (κ2) is 24.7. The van der Waals surface area contributed by atoms with Gasteiger partial charge in [0.1, 0.15) is 67.5 Å². The van der Waals surface area contributed by atoms with Crippen molar-refractivity contribution >= 4 is 58.9 Å². The highest BCUT2D eigenvalue weighted by atomic mass is 16.7. The Kier molecular flexibility index (Phi) is 18.7. The van der Waals surface area contributed by atoms with Gasteiger partial charge < -0.3 is 86.6 Å². The van der Waals surface area contributed by atoms with Gasteiger partial charge in [-0.25, -0.2) is 14.4 Å². The molecule has 0 saturated carbocycles. The molecular weight excluding hydrogens is 1000 g/mol. The van der Waals surface area contributed by atoms with Gasteiger partial charge in [-0.3, -0.25) is 28.8 Å². The summed E-state index contributed by atoms with van der Waals surface area (Å²) in [6, 6.07) is 5.97. The molecule has 1 saturated heterocycles. The number of rotatable bonds is 22. The average Bonchev–Trinajstić information content (AvgIpc) is 3.38. The SMILES string of the molecule is COc1cccc2c1C(=O)c1c(O)c3c(c(O)c1C2=O)C[C@@](O)(C(=O)CO)C[C@@H]3O[C@H]1C[C@H](NC(=O)OCc2ccc(NC(=O)[C@H](CCCNC(N)=O)NC(=O)[C@@H](NC(=O)COCC(=O)O)C(C)C)cc2)[C@@H](O)[C@H](C)O1. The van der Waals surface area contributed by atoms with Crippen molar-refractivity contribution in [1.82, 2.24) is 21.3 Å². The van der Waals surface area contributed by atoms with Gasteiger partial charge in [0, 0.05) is 48.2 Å². The van der Waals surface area contributed by atoms with E-state index in [9.17, 15) is 68.7 Å². The van der Waals surface area contributed by atoms with E-state index in [1.54, 1.807) is 13.8 Å². The molecule has 26 heteroatoms. The Morgan fingerprint density at radius 1 is 0.921 bits per heavy atom. The lowest BCUT2D eigenvalue weighted by Gasteiger charge is -2.42. The lowest BCUT2D eigenvalue weighted by atomic mass is 9.72. The van der Waals surface area contributed by atoms with Gasteiger partial charge in [-0.2, -0.15) is 0 Å². The number of carbonyl (C=O) groups is 9. The van der Waals surface area contributed by atoms with Gasteiger partial charge in [0.2, 0.25) is 23.5 Å². The normalized spacial score (nSPS) is 21.4. The maximum atomic E-state index is 14.0. The average molecular weight is 1070 g/mol. The maximum Gasteiger partial charge on any atom is 0.407 e. The van der Waals surface area contributed by atoms with Crippen LogP contribution in [-0.4, -0.2) is 160 Å². The van der Waals surface area contributed by atoms with Crippen molar-refractivity contribution < 1.29 is 97.5 Å². The number of ketones is 3. The third-order valence-corrected chi connectivity index (χ3v) is 13.0. The third kappa shape index (κ3) is 13.2. The molecule has 3 aromatic carbocycles. The first kappa shape index (κ1) is 57.5. The molecule has 0 spiro atoms. The van der Waals surface area contributed by atoms with Crippen LogP contribution >= 0.6 is 0 Å². The molecule has 0 bridgehead atoms. The van der Waals surface area contributed by atoms with Crippen LogP contribution in [0.1, 0.15) is 101 Å². The molecule has 26 nitrogen and oxygen atoms in total. The number of carboxylic acids is 1. The summed E-state index contributed by atoms with van der Waals surface area (Å²) in [7, 11) is 1.28. The number of fused-ring (bicyclic) bond motifs is 3. The van der Waals surface area contributed by atoms with Gasteiger partial charge in [0.15, 0.2) is 17.9 Å². The Morgan fingerprint density at radius 3 is 2.26 bits per heavy atom. The number of Topliss-reactive ketones (excluding diaryl/α,β-unsaturated/α-hetero) is 1. The van der Waals surface area contributed by atoms with Crippen molar-refractivity contribution in [1.29, 1.82) is 0 Å². The number of hydrogen-bond acceptors (Lipinski definition) is 19. The van der Waals surface area contributed by atoms with E-state index in [4.69, 9.17) is 34.5 Å². The number of nitrogens with one attached hydrogen (secondary N) is 5. The first-order valence-electron chi connectivity index (χ1n) is 24.0. The zero-order valence-corrected chi connectivity index (χ0v) is 41.7. The molecule has 1 aliphatic heterocycles. The summed E-state index contributed by atoms with van der Waals surface area (Å²) < 4.78 is 27.7. The van der Waals surface area contributed by atoms with Crippen LogP contribution in [0.25, 0.3) is 0 Å². The van der Waals surface area contributed by atoms with Crippen LogP contribution in [0.2, 0.25) is 0 Å². The second-order valence-corrected chi connectivity index (χ2v) is 18.7. The van der Waals surface area contributed by atoms with E-state index in [1.165, 1.54) is 56.5 Å². The molecule has 3 aromatic rings. The minimum Gasteiger partial charge on any atom is -0.507 e. The van der Waals surface area contributed by atoms with Gasteiger partial charge in [-0.05, 0) is 49.4 Å². The molecule has 0 unspecified atom stereocenters. The summed E-state index contributed by atoms with van der Waals surface area (Å²) in [4.78, 5) is 115. The number of carboxylic acid groups (broad SMARTS) is 1. The van der Waals surface area contributed by atoms with Crippen LogP contribution in [0.5, 0.6) is 17.2 Å². The van der Waals surface area contributed by atoms with Gasteiger partial charge in [0.25, 0.3) is 0 Å². The van der Waals surface area contributed by atoms with Crippen LogP contribution < -0.4 is 37.1 Å². The van der Waals surface area contributed by atoms with Gasteiger partial charge in [-0.1, -0.05) is 38.1 Å². The largest absolute Gasteiger partial charge is 0.507 e. The van der Waals surface area contributed by atoms with Crippen LogP contribution in [0.4, 0.5) is 15.3 Å². The van der Waals surface area contributed by atoms with E-state index >= 15 is 0 Å². The molecule has 8 atom stereocenters. The molecule has 3 aliphatic rings. The number of benzene rings is 3. The van der Waals surface area contributed by atoms with Crippen molar-refractivity contribution in [3.05, 3.63) is 81.4 Å². The Balaban J connectivity index is 1.11. The minimum absolute atomic E-state index is 0.0165. The summed E-state index contributed by atoms with van der Waals surface area (Å²) >= 11 is 0. The molecule has 2 aliphatic carbocycles. The Hall–Kier alpha value is -7.75. The number of ether oxygens (including phenoxy) is 5. The quantitative estimate of drug-likeness (QED) is 0.0366. The maximum absolute atomic E-state index is 14.0. The van der Waals surface area contributed by atoms with E-state index in [-0.39, 0.29) is 66.1 Å². The number of urea groups is 1. The zero-order chi connectivity index (χ0) is 55.8. The van der Waals surface area contributed by atoms with E-state index in [0.717, 1.165) is 0 Å². The molecule has 13 N–H and O–H groups in total. The number of alkyl carbamates (subject to hydrolysis) is 1. The van der Waals surface area contributed by atoms with Crippen molar-refractivity contribution in [3.63, 3.8) is 0 Å². The smallest absolute Gasteiger partial charge is 0.407 e. The summed E-state index contributed by atoms with van der Waals surface area (Å²) in [5.74, 6) is -8.34. The lowest BCUT2D eigenvalue weighted by Crippen LogP contribution is -2.56. The third-order valence-electron chi connectivity index (χ3n) is 13.0. The number of anilines is 1. The van der Waals surface area contributed by atoms with Gasteiger partial charge in [0.05, 0.1) is 42.0 Å². The summed E-state index contributed by atoms with van der Waals surface area (Å²) in [6.07, 6.45) is -7.76. The Bertz CT molecular complexity index is 2750.